The van der Waals surface area contributed by atoms with Crippen molar-refractivity contribution in [3.63, 3.8) is 0 Å². The van der Waals surface area contributed by atoms with E-state index in [1.165, 1.54) is 14.0 Å². The zero-order valence-corrected chi connectivity index (χ0v) is 8.74. The van der Waals surface area contributed by atoms with Crippen LogP contribution in [0.25, 0.3) is 0 Å². The molecule has 1 unspecified atom stereocenters. The van der Waals surface area contributed by atoms with Crippen LogP contribution >= 0.6 is 0 Å². The summed E-state index contributed by atoms with van der Waals surface area (Å²) < 4.78 is 6.60. The van der Waals surface area contributed by atoms with Crippen LogP contribution in [0, 0.1) is 6.92 Å². The van der Waals surface area contributed by atoms with Crippen LogP contribution < -0.4 is 0 Å². The second kappa shape index (κ2) is 3.42. The average Bonchev–Trinajstić information content (AvgIpc) is 2.44. The number of carbonyl (C=O) groups is 1. The molecule has 0 saturated carbocycles. The maximum Gasteiger partial charge on any atom is 0.340 e. The van der Waals surface area contributed by atoms with Gasteiger partial charge < -0.3 is 9.84 Å². The number of carboxylic acid groups (broad SMARTS) is 1. The smallest absolute Gasteiger partial charge is 0.340 e. The molecule has 0 fully saturated rings. The molecule has 0 aromatic carbocycles. The lowest BCUT2D eigenvalue weighted by atomic mass is 9.97. The number of hydrogen-bond donors (Lipinski definition) is 1. The fourth-order valence-electron chi connectivity index (χ4n) is 1.38. The van der Waals surface area contributed by atoms with E-state index in [1.54, 1.807) is 24.9 Å². The number of aliphatic carboxylic acids is 1. The number of ether oxygens (including phenoxy) is 1. The van der Waals surface area contributed by atoms with Gasteiger partial charge in [0, 0.05) is 25.9 Å². The van der Waals surface area contributed by atoms with Crippen LogP contribution in [-0.4, -0.2) is 28.0 Å². The van der Waals surface area contributed by atoms with Crippen LogP contribution in [0.3, 0.4) is 0 Å². The summed E-state index contributed by atoms with van der Waals surface area (Å²) in [4.78, 5) is 11.1. The molecule has 5 nitrogen and oxygen atoms in total. The van der Waals surface area contributed by atoms with Crippen molar-refractivity contribution in [2.75, 3.05) is 7.11 Å². The van der Waals surface area contributed by atoms with Crippen LogP contribution in [0.5, 0.6) is 0 Å². The summed E-state index contributed by atoms with van der Waals surface area (Å²) >= 11 is 0. The monoisotopic (exact) mass is 198 g/mol. The van der Waals surface area contributed by atoms with Crippen molar-refractivity contribution in [3.8, 4) is 0 Å². The van der Waals surface area contributed by atoms with Crippen LogP contribution in [0.4, 0.5) is 0 Å². The molecule has 0 radical (unpaired) electrons. The molecule has 0 amide bonds. The van der Waals surface area contributed by atoms with Crippen molar-refractivity contribution >= 4 is 5.97 Å². The normalized spacial score (nSPS) is 15.1. The third kappa shape index (κ3) is 1.50. The molecule has 5 heteroatoms. The number of hydrogen-bond acceptors (Lipinski definition) is 3. The SMILES string of the molecule is COC(C)(C(=O)O)c1cn(C)nc1C. The lowest BCUT2D eigenvalue weighted by Gasteiger charge is -2.22. The second-order valence-corrected chi connectivity index (χ2v) is 3.34. The number of nitrogens with zero attached hydrogens (tertiary/aromatic N) is 2. The fraction of sp³-hybridized carbons (Fsp3) is 0.556. The van der Waals surface area contributed by atoms with Gasteiger partial charge in [0.1, 0.15) is 0 Å². The van der Waals surface area contributed by atoms with Gasteiger partial charge in [-0.2, -0.15) is 5.10 Å². The largest absolute Gasteiger partial charge is 0.479 e. The molecule has 0 bridgehead atoms. The Morgan fingerprint density at radius 3 is 2.57 bits per heavy atom. The first-order valence-corrected chi connectivity index (χ1v) is 4.21. The molecule has 0 saturated heterocycles. The molecular weight excluding hydrogens is 184 g/mol. The van der Waals surface area contributed by atoms with Gasteiger partial charge in [0.2, 0.25) is 0 Å². The van der Waals surface area contributed by atoms with E-state index in [2.05, 4.69) is 5.10 Å². The van der Waals surface area contributed by atoms with Gasteiger partial charge >= 0.3 is 5.97 Å². The number of carboxylic acids is 1. The Balaban J connectivity index is 3.25. The topological polar surface area (TPSA) is 64.3 Å². The van der Waals surface area contributed by atoms with E-state index in [9.17, 15) is 4.79 Å². The minimum atomic E-state index is -1.32. The maximum absolute atomic E-state index is 11.1. The Bertz CT molecular complexity index is 359. The molecule has 1 heterocycles. The molecule has 1 aromatic rings. The van der Waals surface area contributed by atoms with Gasteiger partial charge in [-0.3, -0.25) is 4.68 Å². The zero-order valence-electron chi connectivity index (χ0n) is 8.74. The first-order chi connectivity index (χ1) is 6.41. The van der Waals surface area contributed by atoms with Gasteiger partial charge in [0.25, 0.3) is 0 Å². The van der Waals surface area contributed by atoms with E-state index in [1.807, 2.05) is 0 Å². The van der Waals surface area contributed by atoms with Gasteiger partial charge in [-0.1, -0.05) is 0 Å². The Labute approximate surface area is 82.3 Å². The Kier molecular flexibility index (Phi) is 2.62. The van der Waals surface area contributed by atoms with E-state index in [0.29, 0.717) is 11.3 Å². The highest BCUT2D eigenvalue weighted by atomic mass is 16.5. The Morgan fingerprint density at radius 1 is 1.71 bits per heavy atom. The summed E-state index contributed by atoms with van der Waals surface area (Å²) in [5.74, 6) is -1.02. The van der Waals surface area contributed by atoms with Crippen molar-refractivity contribution in [2.45, 2.75) is 19.4 Å². The predicted molar refractivity (Wildman–Crippen MR) is 49.9 cm³/mol. The molecular formula is C9H14N2O3. The standard InChI is InChI=1S/C9H14N2O3/c1-6-7(5-11(3)10-6)9(2,14-4)8(12)13/h5H,1-4H3,(H,12,13). The molecule has 0 aliphatic carbocycles. The molecule has 0 spiro atoms. The first kappa shape index (κ1) is 10.7. The summed E-state index contributed by atoms with van der Waals surface area (Å²) in [5, 5.41) is 13.1. The minimum absolute atomic E-state index is 0.579. The Hall–Kier alpha value is -1.36. The summed E-state index contributed by atoms with van der Waals surface area (Å²) in [6.45, 7) is 3.27. The van der Waals surface area contributed by atoms with Crippen molar-refractivity contribution < 1.29 is 14.6 Å². The first-order valence-electron chi connectivity index (χ1n) is 4.21. The molecule has 1 rings (SSSR count). The van der Waals surface area contributed by atoms with E-state index in [0.717, 1.165) is 0 Å². The lowest BCUT2D eigenvalue weighted by molar-refractivity contribution is -0.161. The minimum Gasteiger partial charge on any atom is -0.479 e. The summed E-state index contributed by atoms with van der Waals surface area (Å²) in [6.07, 6.45) is 1.66. The van der Waals surface area contributed by atoms with Gasteiger partial charge in [0.15, 0.2) is 5.60 Å². The highest BCUT2D eigenvalue weighted by Crippen LogP contribution is 2.26. The molecule has 1 N–H and O–H groups in total. The van der Waals surface area contributed by atoms with Gasteiger partial charge in [-0.25, -0.2) is 4.79 Å². The van der Waals surface area contributed by atoms with Crippen LogP contribution in [0.1, 0.15) is 18.2 Å². The highest BCUT2D eigenvalue weighted by molar-refractivity contribution is 5.79. The average molecular weight is 198 g/mol. The molecule has 1 aromatic heterocycles. The highest BCUT2D eigenvalue weighted by Gasteiger charge is 2.37. The third-order valence-corrected chi connectivity index (χ3v) is 2.34. The molecule has 1 atom stereocenters. The van der Waals surface area contributed by atoms with Crippen molar-refractivity contribution in [2.24, 2.45) is 7.05 Å². The fourth-order valence-corrected chi connectivity index (χ4v) is 1.38. The van der Waals surface area contributed by atoms with Crippen LogP contribution in [0.15, 0.2) is 6.20 Å². The molecule has 0 aliphatic heterocycles. The van der Waals surface area contributed by atoms with E-state index >= 15 is 0 Å². The number of rotatable bonds is 3. The summed E-state index contributed by atoms with van der Waals surface area (Å²) in [7, 11) is 3.12. The van der Waals surface area contributed by atoms with E-state index in [4.69, 9.17) is 9.84 Å². The molecule has 14 heavy (non-hydrogen) atoms. The summed E-state index contributed by atoms with van der Waals surface area (Å²) in [5.41, 5.74) is -0.0764. The van der Waals surface area contributed by atoms with Crippen LogP contribution in [-0.2, 0) is 22.2 Å². The maximum atomic E-state index is 11.1. The van der Waals surface area contributed by atoms with Crippen molar-refractivity contribution in [1.29, 1.82) is 0 Å². The third-order valence-electron chi connectivity index (χ3n) is 2.34. The number of aryl methyl sites for hydroxylation is 2. The second-order valence-electron chi connectivity index (χ2n) is 3.34. The molecule has 78 valence electrons. The van der Waals surface area contributed by atoms with Crippen LogP contribution in [0.2, 0.25) is 0 Å². The Morgan fingerprint density at radius 2 is 2.29 bits per heavy atom. The van der Waals surface area contributed by atoms with E-state index in [-0.39, 0.29) is 0 Å². The summed E-state index contributed by atoms with van der Waals surface area (Å²) in [6, 6.07) is 0. The quantitative estimate of drug-likeness (QED) is 0.775. The number of methoxy groups -OCH3 is 1. The van der Waals surface area contributed by atoms with Crippen molar-refractivity contribution in [3.05, 3.63) is 17.5 Å². The molecule has 0 aliphatic rings. The van der Waals surface area contributed by atoms with Gasteiger partial charge in [0.05, 0.1) is 5.69 Å². The van der Waals surface area contributed by atoms with Gasteiger partial charge in [-0.15, -0.1) is 0 Å². The predicted octanol–water partition coefficient (Wildman–Crippen LogP) is 0.675. The van der Waals surface area contributed by atoms with E-state index < -0.39 is 11.6 Å². The number of aromatic nitrogens is 2. The van der Waals surface area contributed by atoms with Gasteiger partial charge in [-0.05, 0) is 13.8 Å². The van der Waals surface area contributed by atoms with Crippen molar-refractivity contribution in [1.82, 2.24) is 9.78 Å². The zero-order chi connectivity index (χ0) is 10.9. The lowest BCUT2D eigenvalue weighted by Crippen LogP contribution is -2.34.